The van der Waals surface area contributed by atoms with Crippen LogP contribution in [0, 0.1) is 0 Å². The van der Waals surface area contributed by atoms with Crippen LogP contribution in [0.3, 0.4) is 0 Å². The lowest BCUT2D eigenvalue weighted by Crippen LogP contribution is -2.35. The first-order valence-corrected chi connectivity index (χ1v) is 7.47. The van der Waals surface area contributed by atoms with Crippen molar-refractivity contribution in [1.82, 2.24) is 5.32 Å². The molecule has 0 saturated carbocycles. The number of nitrogens with one attached hydrogen (secondary N) is 1. The minimum atomic E-state index is -0.383. The number of ether oxygens (including phenoxy) is 2. The summed E-state index contributed by atoms with van der Waals surface area (Å²) in [6.45, 7) is 5.26. The summed E-state index contributed by atoms with van der Waals surface area (Å²) in [6, 6.07) is 9.68. The van der Waals surface area contributed by atoms with Gasteiger partial charge in [0.25, 0.3) is 0 Å². The Morgan fingerprint density at radius 2 is 1.81 bits per heavy atom. The van der Waals surface area contributed by atoms with Crippen molar-refractivity contribution in [2.24, 2.45) is 5.73 Å². The second-order valence-corrected chi connectivity index (χ2v) is 4.70. The van der Waals surface area contributed by atoms with E-state index in [1.165, 1.54) is 0 Å². The van der Waals surface area contributed by atoms with Crippen LogP contribution in [0.2, 0.25) is 0 Å². The van der Waals surface area contributed by atoms with Gasteiger partial charge in [-0.3, -0.25) is 4.79 Å². The Balaban J connectivity index is 2.27. The molecule has 0 aliphatic carbocycles. The SMILES string of the molecule is CCOC(CNC(=O)CCC(N)c1ccccc1)OCC. The van der Waals surface area contributed by atoms with Crippen molar-refractivity contribution in [3.63, 3.8) is 0 Å². The molecule has 1 aromatic carbocycles. The van der Waals surface area contributed by atoms with Crippen LogP contribution < -0.4 is 11.1 Å². The third-order valence-electron chi connectivity index (χ3n) is 3.08. The number of benzene rings is 1. The quantitative estimate of drug-likeness (QED) is 0.647. The Hall–Kier alpha value is -1.43. The molecule has 5 heteroatoms. The van der Waals surface area contributed by atoms with Gasteiger partial charge in [0.05, 0.1) is 6.54 Å². The van der Waals surface area contributed by atoms with Crippen molar-refractivity contribution in [3.8, 4) is 0 Å². The van der Waals surface area contributed by atoms with E-state index in [0.717, 1.165) is 5.56 Å². The topological polar surface area (TPSA) is 73.6 Å². The van der Waals surface area contributed by atoms with Gasteiger partial charge in [-0.25, -0.2) is 0 Å². The third-order valence-corrected chi connectivity index (χ3v) is 3.08. The Bertz CT molecular complexity index is 392. The van der Waals surface area contributed by atoms with Crippen LogP contribution in [-0.4, -0.2) is 32.0 Å². The van der Waals surface area contributed by atoms with E-state index in [1.807, 2.05) is 44.2 Å². The molecule has 0 heterocycles. The summed E-state index contributed by atoms with van der Waals surface area (Å²) in [5.74, 6) is -0.0363. The molecular weight excluding hydrogens is 268 g/mol. The van der Waals surface area contributed by atoms with E-state index < -0.39 is 0 Å². The van der Waals surface area contributed by atoms with Crippen molar-refractivity contribution >= 4 is 5.91 Å². The minimum absolute atomic E-state index is 0.0363. The average molecular weight is 294 g/mol. The molecule has 1 aromatic rings. The molecule has 5 nitrogen and oxygen atoms in total. The molecule has 1 rings (SSSR count). The highest BCUT2D eigenvalue weighted by Gasteiger charge is 2.12. The van der Waals surface area contributed by atoms with Gasteiger partial charge in [0.1, 0.15) is 0 Å². The number of hydrogen-bond donors (Lipinski definition) is 2. The summed E-state index contributed by atoms with van der Waals surface area (Å²) in [6.07, 6.45) is 0.622. The first-order chi connectivity index (χ1) is 10.2. The highest BCUT2D eigenvalue weighted by atomic mass is 16.7. The first-order valence-electron chi connectivity index (χ1n) is 7.47. The van der Waals surface area contributed by atoms with Crippen LogP contribution in [0.15, 0.2) is 30.3 Å². The summed E-state index contributed by atoms with van der Waals surface area (Å²) in [4.78, 5) is 11.8. The van der Waals surface area contributed by atoms with Gasteiger partial charge in [-0.1, -0.05) is 30.3 Å². The zero-order valence-corrected chi connectivity index (χ0v) is 12.9. The Morgan fingerprint density at radius 1 is 1.19 bits per heavy atom. The van der Waals surface area contributed by atoms with E-state index in [2.05, 4.69) is 5.32 Å². The lowest BCUT2D eigenvalue weighted by molar-refractivity contribution is -0.140. The van der Waals surface area contributed by atoms with E-state index in [1.54, 1.807) is 0 Å². The van der Waals surface area contributed by atoms with Crippen LogP contribution >= 0.6 is 0 Å². The van der Waals surface area contributed by atoms with Gasteiger partial charge in [0.2, 0.25) is 5.91 Å². The van der Waals surface area contributed by atoms with Gasteiger partial charge in [0.15, 0.2) is 6.29 Å². The van der Waals surface area contributed by atoms with Crippen molar-refractivity contribution in [1.29, 1.82) is 0 Å². The minimum Gasteiger partial charge on any atom is -0.351 e. The van der Waals surface area contributed by atoms with Gasteiger partial charge in [0, 0.05) is 25.7 Å². The van der Waals surface area contributed by atoms with Gasteiger partial charge >= 0.3 is 0 Å². The molecule has 0 saturated heterocycles. The van der Waals surface area contributed by atoms with E-state index in [-0.39, 0.29) is 18.2 Å². The van der Waals surface area contributed by atoms with Crippen molar-refractivity contribution in [3.05, 3.63) is 35.9 Å². The number of amides is 1. The maximum absolute atomic E-state index is 11.8. The summed E-state index contributed by atoms with van der Waals surface area (Å²) in [5, 5.41) is 2.81. The van der Waals surface area contributed by atoms with Crippen molar-refractivity contribution < 1.29 is 14.3 Å². The Labute approximate surface area is 126 Å². The summed E-state index contributed by atoms with van der Waals surface area (Å²) < 4.78 is 10.7. The predicted molar refractivity (Wildman–Crippen MR) is 82.7 cm³/mol. The maximum atomic E-state index is 11.8. The standard InChI is InChI=1S/C16H26N2O3/c1-3-20-16(21-4-2)12-18-15(19)11-10-14(17)13-8-6-5-7-9-13/h5-9,14,16H,3-4,10-12,17H2,1-2H3,(H,18,19). The molecular formula is C16H26N2O3. The summed E-state index contributed by atoms with van der Waals surface area (Å²) >= 11 is 0. The number of carbonyl (C=O) groups excluding carboxylic acids is 1. The molecule has 0 aliphatic rings. The second-order valence-electron chi connectivity index (χ2n) is 4.70. The lowest BCUT2D eigenvalue weighted by atomic mass is 10.0. The normalized spacial score (nSPS) is 12.4. The number of nitrogens with two attached hydrogens (primary N) is 1. The molecule has 0 spiro atoms. The fraction of sp³-hybridized carbons (Fsp3) is 0.562. The predicted octanol–water partition coefficient (Wildman–Crippen LogP) is 1.98. The molecule has 3 N–H and O–H groups in total. The van der Waals surface area contributed by atoms with Crippen LogP contribution in [-0.2, 0) is 14.3 Å². The molecule has 1 unspecified atom stereocenters. The van der Waals surface area contributed by atoms with E-state index in [4.69, 9.17) is 15.2 Å². The number of rotatable bonds is 10. The first kappa shape index (κ1) is 17.6. The van der Waals surface area contributed by atoms with Gasteiger partial charge in [-0.2, -0.15) is 0 Å². The average Bonchev–Trinajstić information content (AvgIpc) is 2.51. The monoisotopic (exact) mass is 294 g/mol. The molecule has 0 radical (unpaired) electrons. The molecule has 1 amide bonds. The lowest BCUT2D eigenvalue weighted by Gasteiger charge is -2.18. The molecule has 118 valence electrons. The molecule has 0 aliphatic heterocycles. The Morgan fingerprint density at radius 3 is 2.38 bits per heavy atom. The zero-order chi connectivity index (χ0) is 15.5. The fourth-order valence-electron chi connectivity index (χ4n) is 1.98. The van der Waals surface area contributed by atoms with E-state index >= 15 is 0 Å². The molecule has 0 bridgehead atoms. The van der Waals surface area contributed by atoms with Crippen molar-refractivity contribution in [2.45, 2.75) is 39.0 Å². The highest BCUT2D eigenvalue weighted by Crippen LogP contribution is 2.14. The largest absolute Gasteiger partial charge is 0.351 e. The number of carbonyl (C=O) groups is 1. The van der Waals surface area contributed by atoms with Crippen molar-refractivity contribution in [2.75, 3.05) is 19.8 Å². The van der Waals surface area contributed by atoms with Gasteiger partial charge in [-0.15, -0.1) is 0 Å². The molecule has 1 atom stereocenters. The molecule has 0 aromatic heterocycles. The third kappa shape index (κ3) is 7.22. The van der Waals surface area contributed by atoms with E-state index in [0.29, 0.717) is 32.6 Å². The van der Waals surface area contributed by atoms with Gasteiger partial charge in [-0.05, 0) is 25.8 Å². The highest BCUT2D eigenvalue weighted by molar-refractivity contribution is 5.75. The van der Waals surface area contributed by atoms with Crippen LogP contribution in [0.4, 0.5) is 0 Å². The summed E-state index contributed by atoms with van der Waals surface area (Å²) in [5.41, 5.74) is 7.11. The van der Waals surface area contributed by atoms with Crippen LogP contribution in [0.25, 0.3) is 0 Å². The Kier molecular flexibility index (Phi) is 8.66. The second kappa shape index (κ2) is 10.3. The van der Waals surface area contributed by atoms with E-state index in [9.17, 15) is 4.79 Å². The smallest absolute Gasteiger partial charge is 0.220 e. The fourth-order valence-corrected chi connectivity index (χ4v) is 1.98. The maximum Gasteiger partial charge on any atom is 0.220 e. The molecule has 0 fully saturated rings. The van der Waals surface area contributed by atoms with Gasteiger partial charge < -0.3 is 20.5 Å². The van der Waals surface area contributed by atoms with Crippen LogP contribution in [0.5, 0.6) is 0 Å². The summed E-state index contributed by atoms with van der Waals surface area (Å²) in [7, 11) is 0. The number of hydrogen-bond acceptors (Lipinski definition) is 4. The molecule has 21 heavy (non-hydrogen) atoms. The van der Waals surface area contributed by atoms with Crippen LogP contribution in [0.1, 0.15) is 38.3 Å². The zero-order valence-electron chi connectivity index (χ0n) is 12.9.